The number of carboxylic acids is 1. The Bertz CT molecular complexity index is 331. The van der Waals surface area contributed by atoms with Gasteiger partial charge in [-0.25, -0.2) is 0 Å². The first-order valence-corrected chi connectivity index (χ1v) is 7.18. The zero-order valence-electron chi connectivity index (χ0n) is 11.9. The van der Waals surface area contributed by atoms with Crippen molar-refractivity contribution in [3.63, 3.8) is 0 Å². The maximum absolute atomic E-state index is 11.6. The molecule has 0 aromatic heterocycles. The summed E-state index contributed by atoms with van der Waals surface area (Å²) in [4.78, 5) is 22.0. The van der Waals surface area contributed by atoms with Gasteiger partial charge in [0.15, 0.2) is 0 Å². The van der Waals surface area contributed by atoms with Crippen molar-refractivity contribution in [3.05, 3.63) is 12.8 Å². The zero-order valence-corrected chi connectivity index (χ0v) is 11.9. The molecule has 1 fully saturated rings. The molecule has 1 saturated carbocycles. The van der Waals surface area contributed by atoms with Crippen molar-refractivity contribution in [2.75, 3.05) is 13.2 Å². The van der Waals surface area contributed by atoms with E-state index in [2.05, 4.69) is 6.58 Å². The van der Waals surface area contributed by atoms with E-state index < -0.39 is 5.97 Å². The maximum atomic E-state index is 11.6. The molecule has 0 aromatic carbocycles. The number of carbonyl (C=O) groups excluding carboxylic acids is 1. The van der Waals surface area contributed by atoms with E-state index in [4.69, 9.17) is 14.6 Å². The summed E-state index contributed by atoms with van der Waals surface area (Å²) in [7, 11) is 0. The molecule has 0 heterocycles. The van der Waals surface area contributed by atoms with Crippen LogP contribution in [0.1, 0.15) is 51.4 Å². The van der Waals surface area contributed by atoms with Crippen LogP contribution in [0.2, 0.25) is 0 Å². The van der Waals surface area contributed by atoms with Crippen molar-refractivity contribution in [1.82, 2.24) is 0 Å². The molecule has 1 rings (SSSR count). The van der Waals surface area contributed by atoms with E-state index in [1.165, 1.54) is 12.7 Å². The highest BCUT2D eigenvalue weighted by molar-refractivity contribution is 5.71. The quantitative estimate of drug-likeness (QED) is 0.520. The molecule has 0 atom stereocenters. The topological polar surface area (TPSA) is 72.8 Å². The first-order valence-electron chi connectivity index (χ1n) is 7.18. The molecule has 1 aliphatic rings. The second kappa shape index (κ2) is 8.61. The SMILES string of the molecule is C=COCC1(COC(=O)CCCC(=O)O)CCCCC1. The van der Waals surface area contributed by atoms with Crippen molar-refractivity contribution < 1.29 is 24.2 Å². The summed E-state index contributed by atoms with van der Waals surface area (Å²) in [5.41, 5.74) is -0.102. The van der Waals surface area contributed by atoms with E-state index in [0.29, 0.717) is 19.6 Å². The second-order valence-corrected chi connectivity index (χ2v) is 5.45. The molecule has 5 nitrogen and oxygen atoms in total. The van der Waals surface area contributed by atoms with Gasteiger partial charge in [0, 0.05) is 18.3 Å². The Morgan fingerprint density at radius 3 is 2.45 bits per heavy atom. The van der Waals surface area contributed by atoms with Crippen LogP contribution in [0.15, 0.2) is 12.8 Å². The van der Waals surface area contributed by atoms with Gasteiger partial charge in [-0.3, -0.25) is 9.59 Å². The summed E-state index contributed by atoms with van der Waals surface area (Å²) in [5.74, 6) is -1.21. The van der Waals surface area contributed by atoms with Crippen molar-refractivity contribution in [2.45, 2.75) is 51.4 Å². The van der Waals surface area contributed by atoms with E-state index in [9.17, 15) is 9.59 Å². The summed E-state index contributed by atoms with van der Waals surface area (Å²) in [5, 5.41) is 8.52. The number of carbonyl (C=O) groups is 2. The van der Waals surface area contributed by atoms with Gasteiger partial charge < -0.3 is 14.6 Å². The molecule has 0 bridgehead atoms. The Labute approximate surface area is 119 Å². The molecule has 0 saturated heterocycles. The Hall–Kier alpha value is -1.52. The van der Waals surface area contributed by atoms with Gasteiger partial charge in [0.05, 0.1) is 12.9 Å². The van der Waals surface area contributed by atoms with Crippen LogP contribution in [-0.2, 0) is 19.1 Å². The van der Waals surface area contributed by atoms with Crippen LogP contribution in [0.4, 0.5) is 0 Å². The molecule has 0 aromatic rings. The normalized spacial score (nSPS) is 17.2. The molecule has 1 aliphatic carbocycles. The summed E-state index contributed by atoms with van der Waals surface area (Å²) in [6, 6.07) is 0. The first-order chi connectivity index (χ1) is 9.58. The standard InChI is InChI=1S/C15H24O5/c1-2-19-11-15(9-4-3-5-10-15)12-20-14(18)8-6-7-13(16)17/h2H,1,3-12H2,(H,16,17). The monoisotopic (exact) mass is 284 g/mol. The van der Waals surface area contributed by atoms with Gasteiger partial charge in [0.1, 0.15) is 6.61 Å². The van der Waals surface area contributed by atoms with Crippen LogP contribution >= 0.6 is 0 Å². The van der Waals surface area contributed by atoms with Gasteiger partial charge in [0.25, 0.3) is 0 Å². The zero-order chi connectivity index (χ0) is 14.8. The molecular weight excluding hydrogens is 260 g/mol. The van der Waals surface area contributed by atoms with Gasteiger partial charge in [-0.1, -0.05) is 25.8 Å². The Morgan fingerprint density at radius 1 is 1.15 bits per heavy atom. The minimum atomic E-state index is -0.888. The highest BCUT2D eigenvalue weighted by atomic mass is 16.5. The fraction of sp³-hybridized carbons (Fsp3) is 0.733. The summed E-state index contributed by atoms with van der Waals surface area (Å²) in [6.07, 6.45) is 7.34. The van der Waals surface area contributed by atoms with Crippen molar-refractivity contribution >= 4 is 11.9 Å². The Balaban J connectivity index is 2.35. The lowest BCUT2D eigenvalue weighted by atomic mass is 9.75. The molecule has 114 valence electrons. The third-order valence-corrected chi connectivity index (χ3v) is 3.73. The number of aliphatic carboxylic acids is 1. The summed E-state index contributed by atoms with van der Waals surface area (Å²) >= 11 is 0. The number of hydrogen-bond acceptors (Lipinski definition) is 4. The van der Waals surface area contributed by atoms with Crippen molar-refractivity contribution in [2.24, 2.45) is 5.41 Å². The molecule has 0 spiro atoms. The van der Waals surface area contributed by atoms with Crippen LogP contribution in [0.5, 0.6) is 0 Å². The molecule has 1 N–H and O–H groups in total. The van der Waals surface area contributed by atoms with Gasteiger partial charge in [-0.05, 0) is 19.3 Å². The Morgan fingerprint density at radius 2 is 1.85 bits per heavy atom. The van der Waals surface area contributed by atoms with Crippen LogP contribution in [-0.4, -0.2) is 30.3 Å². The first kappa shape index (κ1) is 16.5. The third-order valence-electron chi connectivity index (χ3n) is 3.73. The van der Waals surface area contributed by atoms with Crippen LogP contribution in [0.3, 0.4) is 0 Å². The highest BCUT2D eigenvalue weighted by Gasteiger charge is 2.34. The molecule has 0 amide bonds. The largest absolute Gasteiger partial charge is 0.501 e. The van der Waals surface area contributed by atoms with Crippen molar-refractivity contribution in [1.29, 1.82) is 0 Å². The van der Waals surface area contributed by atoms with Gasteiger partial charge >= 0.3 is 11.9 Å². The van der Waals surface area contributed by atoms with Crippen LogP contribution < -0.4 is 0 Å². The van der Waals surface area contributed by atoms with Crippen molar-refractivity contribution in [3.8, 4) is 0 Å². The average Bonchev–Trinajstić information content (AvgIpc) is 2.44. The fourth-order valence-electron chi connectivity index (χ4n) is 2.56. The van der Waals surface area contributed by atoms with E-state index >= 15 is 0 Å². The second-order valence-electron chi connectivity index (χ2n) is 5.45. The lowest BCUT2D eigenvalue weighted by Crippen LogP contribution is -2.35. The van der Waals surface area contributed by atoms with Gasteiger partial charge in [0.2, 0.25) is 0 Å². The Kier molecular flexibility index (Phi) is 7.12. The predicted octanol–water partition coefficient (Wildman–Crippen LogP) is 2.90. The van der Waals surface area contributed by atoms with E-state index in [1.807, 2.05) is 0 Å². The molecule has 0 radical (unpaired) electrons. The molecular formula is C15H24O5. The van der Waals surface area contributed by atoms with E-state index in [-0.39, 0.29) is 24.2 Å². The smallest absolute Gasteiger partial charge is 0.305 e. The molecule has 0 unspecified atom stereocenters. The number of carboxylic acid groups (broad SMARTS) is 1. The van der Waals surface area contributed by atoms with E-state index in [0.717, 1.165) is 25.7 Å². The summed E-state index contributed by atoms with van der Waals surface area (Å²) in [6.45, 7) is 4.42. The summed E-state index contributed by atoms with van der Waals surface area (Å²) < 4.78 is 10.6. The van der Waals surface area contributed by atoms with E-state index in [1.54, 1.807) is 0 Å². The number of hydrogen-bond donors (Lipinski definition) is 1. The molecule has 0 aliphatic heterocycles. The number of ether oxygens (including phenoxy) is 2. The average molecular weight is 284 g/mol. The van der Waals surface area contributed by atoms with Gasteiger partial charge in [-0.2, -0.15) is 0 Å². The highest BCUT2D eigenvalue weighted by Crippen LogP contribution is 2.37. The third kappa shape index (κ3) is 6.08. The van der Waals surface area contributed by atoms with Crippen LogP contribution in [0, 0.1) is 5.41 Å². The van der Waals surface area contributed by atoms with Gasteiger partial charge in [-0.15, -0.1) is 0 Å². The number of rotatable bonds is 9. The lowest BCUT2D eigenvalue weighted by Gasteiger charge is -2.35. The fourth-order valence-corrected chi connectivity index (χ4v) is 2.56. The predicted molar refractivity (Wildman–Crippen MR) is 74.1 cm³/mol. The molecule has 20 heavy (non-hydrogen) atoms. The number of esters is 1. The maximum Gasteiger partial charge on any atom is 0.305 e. The van der Waals surface area contributed by atoms with Crippen LogP contribution in [0.25, 0.3) is 0 Å². The minimum Gasteiger partial charge on any atom is -0.501 e. The minimum absolute atomic E-state index is 0.000180. The molecule has 5 heteroatoms. The lowest BCUT2D eigenvalue weighted by molar-refractivity contribution is -0.149.